The quantitative estimate of drug-likeness (QED) is 0.538. The van der Waals surface area contributed by atoms with Crippen molar-refractivity contribution in [1.29, 1.82) is 0 Å². The van der Waals surface area contributed by atoms with Gasteiger partial charge in [-0.1, -0.05) is 38.1 Å². The number of carbonyl (C=O) groups excluding carboxylic acids is 2. The van der Waals surface area contributed by atoms with E-state index in [4.69, 9.17) is 0 Å². The van der Waals surface area contributed by atoms with Crippen LogP contribution in [-0.4, -0.2) is 50.5 Å². The summed E-state index contributed by atoms with van der Waals surface area (Å²) >= 11 is 0. The first-order chi connectivity index (χ1) is 15.6. The number of rotatable bonds is 11. The van der Waals surface area contributed by atoms with Gasteiger partial charge in [-0.3, -0.25) is 13.9 Å². The Morgan fingerprint density at radius 3 is 2.24 bits per heavy atom. The zero-order valence-corrected chi connectivity index (χ0v) is 20.4. The molecule has 0 heterocycles. The number of benzene rings is 2. The molecule has 0 aliphatic heterocycles. The molecule has 0 aliphatic carbocycles. The fraction of sp³-hybridized carbons (Fsp3) is 0.417. The lowest BCUT2D eigenvalue weighted by Crippen LogP contribution is -2.52. The van der Waals surface area contributed by atoms with E-state index in [1.54, 1.807) is 0 Å². The highest BCUT2D eigenvalue weighted by atomic mass is 32.2. The molecule has 0 aliphatic rings. The molecule has 33 heavy (non-hydrogen) atoms. The summed E-state index contributed by atoms with van der Waals surface area (Å²) in [5.41, 5.74) is 1.99. The maximum Gasteiger partial charge on any atom is 0.244 e. The van der Waals surface area contributed by atoms with Gasteiger partial charge in [0.2, 0.25) is 21.8 Å². The maximum atomic E-state index is 13.5. The molecule has 9 heteroatoms. The molecule has 0 radical (unpaired) electrons. The van der Waals surface area contributed by atoms with Crippen LogP contribution in [0.25, 0.3) is 0 Å². The van der Waals surface area contributed by atoms with E-state index in [1.807, 2.05) is 45.0 Å². The molecule has 0 unspecified atom stereocenters. The minimum atomic E-state index is -3.84. The molecular formula is C24H32FN3O4S. The van der Waals surface area contributed by atoms with Gasteiger partial charge in [0.1, 0.15) is 18.4 Å². The summed E-state index contributed by atoms with van der Waals surface area (Å²) in [7, 11) is -3.84. The molecule has 0 saturated heterocycles. The van der Waals surface area contributed by atoms with Gasteiger partial charge in [-0.05, 0) is 55.2 Å². The van der Waals surface area contributed by atoms with Crippen molar-refractivity contribution in [2.45, 2.75) is 46.2 Å². The Labute approximate surface area is 195 Å². The van der Waals surface area contributed by atoms with Gasteiger partial charge in [0, 0.05) is 13.1 Å². The van der Waals surface area contributed by atoms with Gasteiger partial charge in [0.05, 0.1) is 11.9 Å². The average molecular weight is 478 g/mol. The van der Waals surface area contributed by atoms with Gasteiger partial charge in [-0.2, -0.15) is 0 Å². The summed E-state index contributed by atoms with van der Waals surface area (Å²) in [6.45, 7) is 5.79. The molecule has 2 rings (SSSR count). The Morgan fingerprint density at radius 2 is 1.70 bits per heavy atom. The van der Waals surface area contributed by atoms with Gasteiger partial charge in [0.25, 0.3) is 0 Å². The van der Waals surface area contributed by atoms with Crippen molar-refractivity contribution >= 4 is 27.5 Å². The SMILES string of the molecule is CCCNC(=O)[C@H](CC)N(Cc1ccccc1C)C(=O)CN(c1ccc(F)cc1)S(C)(=O)=O. The summed E-state index contributed by atoms with van der Waals surface area (Å²) in [5.74, 6) is -1.32. The van der Waals surface area contributed by atoms with Crippen LogP contribution in [0.4, 0.5) is 10.1 Å². The second-order valence-electron chi connectivity index (χ2n) is 7.91. The molecule has 1 N–H and O–H groups in total. The summed E-state index contributed by atoms with van der Waals surface area (Å²) in [4.78, 5) is 27.8. The van der Waals surface area contributed by atoms with Crippen LogP contribution >= 0.6 is 0 Å². The number of halogens is 1. The van der Waals surface area contributed by atoms with Gasteiger partial charge < -0.3 is 10.2 Å². The summed E-state index contributed by atoms with van der Waals surface area (Å²) in [5, 5.41) is 2.83. The highest BCUT2D eigenvalue weighted by Crippen LogP contribution is 2.21. The Bertz CT molecular complexity index is 1060. The highest BCUT2D eigenvalue weighted by Gasteiger charge is 2.31. The van der Waals surface area contributed by atoms with Gasteiger partial charge in [0.15, 0.2) is 0 Å². The van der Waals surface area contributed by atoms with E-state index in [1.165, 1.54) is 17.0 Å². The number of nitrogens with zero attached hydrogens (tertiary/aromatic N) is 2. The van der Waals surface area contributed by atoms with Crippen LogP contribution in [0.15, 0.2) is 48.5 Å². The smallest absolute Gasteiger partial charge is 0.244 e. The third kappa shape index (κ3) is 7.28. The zero-order chi connectivity index (χ0) is 24.6. The van der Waals surface area contributed by atoms with Crippen molar-refractivity contribution in [2.75, 3.05) is 23.7 Å². The van der Waals surface area contributed by atoms with E-state index >= 15 is 0 Å². The first-order valence-corrected chi connectivity index (χ1v) is 12.8. The van der Waals surface area contributed by atoms with E-state index in [9.17, 15) is 22.4 Å². The third-order valence-corrected chi connectivity index (χ3v) is 6.47. The Kier molecular flexibility index (Phi) is 9.40. The van der Waals surface area contributed by atoms with Crippen LogP contribution < -0.4 is 9.62 Å². The van der Waals surface area contributed by atoms with Gasteiger partial charge >= 0.3 is 0 Å². The van der Waals surface area contributed by atoms with Gasteiger partial charge in [-0.15, -0.1) is 0 Å². The number of hydrogen-bond acceptors (Lipinski definition) is 4. The Hall–Kier alpha value is -2.94. The number of anilines is 1. The zero-order valence-electron chi connectivity index (χ0n) is 19.5. The van der Waals surface area contributed by atoms with Crippen molar-refractivity contribution in [3.05, 3.63) is 65.5 Å². The predicted molar refractivity (Wildman–Crippen MR) is 128 cm³/mol. The lowest BCUT2D eigenvalue weighted by Gasteiger charge is -2.33. The molecule has 7 nitrogen and oxygen atoms in total. The minimum absolute atomic E-state index is 0.157. The number of sulfonamides is 1. The Morgan fingerprint density at radius 1 is 1.06 bits per heavy atom. The number of aryl methyl sites for hydroxylation is 1. The molecule has 180 valence electrons. The molecule has 0 aromatic heterocycles. The first kappa shape index (κ1) is 26.3. The second kappa shape index (κ2) is 11.8. The topological polar surface area (TPSA) is 86.8 Å². The van der Waals surface area contributed by atoms with Crippen LogP contribution in [-0.2, 0) is 26.2 Å². The van der Waals surface area contributed by atoms with Crippen molar-refractivity contribution in [3.63, 3.8) is 0 Å². The Balaban J connectivity index is 2.42. The largest absolute Gasteiger partial charge is 0.354 e. The van der Waals surface area contributed by atoms with Gasteiger partial charge in [-0.25, -0.2) is 12.8 Å². The first-order valence-electron chi connectivity index (χ1n) is 10.9. The van der Waals surface area contributed by atoms with Crippen LogP contribution in [0, 0.1) is 12.7 Å². The molecular weight excluding hydrogens is 445 g/mol. The maximum absolute atomic E-state index is 13.5. The number of amides is 2. The van der Waals surface area contributed by atoms with Crippen molar-refractivity contribution in [2.24, 2.45) is 0 Å². The fourth-order valence-corrected chi connectivity index (χ4v) is 4.33. The van der Waals surface area contributed by atoms with E-state index in [-0.39, 0.29) is 18.1 Å². The summed E-state index contributed by atoms with van der Waals surface area (Å²) < 4.78 is 39.3. The molecule has 0 bridgehead atoms. The average Bonchev–Trinajstić information content (AvgIpc) is 2.77. The second-order valence-corrected chi connectivity index (χ2v) is 9.82. The fourth-order valence-electron chi connectivity index (χ4n) is 3.48. The molecule has 2 amide bonds. The van der Waals surface area contributed by atoms with E-state index < -0.39 is 34.3 Å². The van der Waals surface area contributed by atoms with E-state index in [0.717, 1.165) is 40.2 Å². The summed E-state index contributed by atoms with van der Waals surface area (Å²) in [6, 6.07) is 11.6. The number of nitrogens with one attached hydrogen (secondary N) is 1. The standard InChI is InChI=1S/C24H32FN3O4S/c1-5-15-26-24(30)22(6-2)27(16-19-10-8-7-9-18(19)3)23(29)17-28(33(4,31)32)21-13-11-20(25)12-14-21/h7-14,22H,5-6,15-17H2,1-4H3,(H,26,30)/t22-/m0/s1. The molecule has 0 saturated carbocycles. The summed E-state index contributed by atoms with van der Waals surface area (Å²) in [6.07, 6.45) is 2.10. The monoisotopic (exact) mass is 477 g/mol. The molecule has 0 fully saturated rings. The van der Waals surface area contributed by atoms with Crippen LogP contribution in [0.2, 0.25) is 0 Å². The molecule has 2 aromatic rings. The van der Waals surface area contributed by atoms with Crippen molar-refractivity contribution in [3.8, 4) is 0 Å². The molecule has 0 spiro atoms. The lowest BCUT2D eigenvalue weighted by molar-refractivity contribution is -0.140. The van der Waals surface area contributed by atoms with Crippen LogP contribution in [0.5, 0.6) is 0 Å². The lowest BCUT2D eigenvalue weighted by atomic mass is 10.1. The minimum Gasteiger partial charge on any atom is -0.354 e. The normalized spacial score (nSPS) is 12.2. The van der Waals surface area contributed by atoms with E-state index in [0.29, 0.717) is 13.0 Å². The van der Waals surface area contributed by atoms with Crippen LogP contribution in [0.3, 0.4) is 0 Å². The highest BCUT2D eigenvalue weighted by molar-refractivity contribution is 7.92. The third-order valence-electron chi connectivity index (χ3n) is 5.33. The van der Waals surface area contributed by atoms with Crippen molar-refractivity contribution < 1.29 is 22.4 Å². The predicted octanol–water partition coefficient (Wildman–Crippen LogP) is 3.23. The van der Waals surface area contributed by atoms with E-state index in [2.05, 4.69) is 5.32 Å². The van der Waals surface area contributed by atoms with Crippen LogP contribution in [0.1, 0.15) is 37.8 Å². The molecule has 2 aromatic carbocycles. The number of hydrogen-bond donors (Lipinski definition) is 1. The van der Waals surface area contributed by atoms with Crippen molar-refractivity contribution in [1.82, 2.24) is 10.2 Å². The molecule has 1 atom stereocenters. The number of carbonyl (C=O) groups is 2.